The maximum Gasteiger partial charge on any atom is 0.0490 e. The van der Waals surface area contributed by atoms with Gasteiger partial charge in [0.05, 0.1) is 0 Å². The van der Waals surface area contributed by atoms with Gasteiger partial charge in [-0.3, -0.25) is 4.21 Å². The van der Waals surface area contributed by atoms with Crippen molar-refractivity contribution in [1.82, 2.24) is 4.90 Å². The van der Waals surface area contributed by atoms with E-state index in [4.69, 9.17) is 0 Å². The first-order valence-electron chi connectivity index (χ1n) is 3.35. The van der Waals surface area contributed by atoms with E-state index in [9.17, 15) is 4.21 Å². The van der Waals surface area contributed by atoms with Gasteiger partial charge in [0.1, 0.15) is 0 Å². The largest absolute Gasteiger partial charge is 0.304 e. The van der Waals surface area contributed by atoms with Crippen LogP contribution in [0.2, 0.25) is 0 Å². The van der Waals surface area contributed by atoms with Crippen molar-refractivity contribution in [1.29, 1.82) is 0 Å². The minimum Gasteiger partial charge on any atom is -0.304 e. The Balaban J connectivity index is 2.09. The third-order valence-corrected chi connectivity index (χ3v) is 4.21. The Morgan fingerprint density at radius 1 is 1.44 bits per heavy atom. The highest BCUT2D eigenvalue weighted by atomic mass is 32.2. The van der Waals surface area contributed by atoms with Crippen molar-refractivity contribution < 1.29 is 4.21 Å². The van der Waals surface area contributed by atoms with Gasteiger partial charge in [-0.15, -0.1) is 0 Å². The van der Waals surface area contributed by atoms with Crippen LogP contribution in [0.5, 0.6) is 0 Å². The molecule has 2 nitrogen and oxygen atoms in total. The molecule has 0 saturated carbocycles. The molecule has 3 heterocycles. The molecule has 0 aliphatic carbocycles. The molecule has 3 heteroatoms. The Labute approximate surface area is 57.7 Å². The molecule has 2 atom stereocenters. The van der Waals surface area contributed by atoms with Crippen molar-refractivity contribution in [2.75, 3.05) is 20.1 Å². The quantitative estimate of drug-likeness (QED) is 0.471. The third-order valence-electron chi connectivity index (χ3n) is 2.21. The molecule has 0 aromatic heterocycles. The SMILES string of the molecule is CN1CC2CC(C1)S2=O. The van der Waals surface area contributed by atoms with Gasteiger partial charge in [0.2, 0.25) is 0 Å². The van der Waals surface area contributed by atoms with Gasteiger partial charge in [-0.25, -0.2) is 0 Å². The van der Waals surface area contributed by atoms with E-state index in [2.05, 4.69) is 11.9 Å². The minimum absolute atomic E-state index is 0.450. The summed E-state index contributed by atoms with van der Waals surface area (Å²) in [6, 6.07) is 0. The molecule has 9 heavy (non-hydrogen) atoms. The zero-order valence-electron chi connectivity index (χ0n) is 5.54. The second-order valence-corrected chi connectivity index (χ2v) is 5.02. The molecule has 3 saturated heterocycles. The van der Waals surface area contributed by atoms with Crippen molar-refractivity contribution in [2.45, 2.75) is 16.9 Å². The molecule has 3 aliphatic heterocycles. The van der Waals surface area contributed by atoms with Crippen LogP contribution in [0.1, 0.15) is 6.42 Å². The summed E-state index contributed by atoms with van der Waals surface area (Å²) < 4.78 is 11.1. The zero-order valence-corrected chi connectivity index (χ0v) is 6.36. The highest BCUT2D eigenvalue weighted by Crippen LogP contribution is 2.30. The Kier molecular flexibility index (Phi) is 1.17. The van der Waals surface area contributed by atoms with E-state index in [0.717, 1.165) is 13.1 Å². The molecule has 0 N–H and O–H groups in total. The summed E-state index contributed by atoms with van der Waals surface area (Å²) in [4.78, 5) is 2.28. The van der Waals surface area contributed by atoms with Crippen molar-refractivity contribution >= 4 is 10.8 Å². The van der Waals surface area contributed by atoms with Crippen molar-refractivity contribution in [3.63, 3.8) is 0 Å². The Morgan fingerprint density at radius 3 is 2.33 bits per heavy atom. The van der Waals surface area contributed by atoms with E-state index in [1.807, 2.05) is 0 Å². The average Bonchev–Trinajstić information content (AvgIpc) is 1.87. The number of nitrogens with zero attached hydrogens (tertiary/aromatic N) is 1. The first kappa shape index (κ1) is 5.86. The van der Waals surface area contributed by atoms with Crippen LogP contribution in [-0.4, -0.2) is 39.7 Å². The Hall–Kier alpha value is 0.110. The molecule has 0 aromatic carbocycles. The summed E-state index contributed by atoms with van der Waals surface area (Å²) in [5.74, 6) is 0. The summed E-state index contributed by atoms with van der Waals surface area (Å²) in [6.07, 6.45) is 1.22. The lowest BCUT2D eigenvalue weighted by Crippen LogP contribution is -2.57. The number of hydrogen-bond donors (Lipinski definition) is 0. The number of fused-ring (bicyclic) bond motifs is 2. The van der Waals surface area contributed by atoms with Crippen molar-refractivity contribution in [3.8, 4) is 0 Å². The van der Waals surface area contributed by atoms with Crippen molar-refractivity contribution in [2.24, 2.45) is 0 Å². The average molecular weight is 145 g/mol. The Morgan fingerprint density at radius 2 is 2.00 bits per heavy atom. The summed E-state index contributed by atoms with van der Waals surface area (Å²) in [5.41, 5.74) is 0. The van der Waals surface area contributed by atoms with Crippen molar-refractivity contribution in [3.05, 3.63) is 0 Å². The Bertz CT molecular complexity index is 145. The fourth-order valence-electron chi connectivity index (χ4n) is 1.70. The molecular weight excluding hydrogens is 134 g/mol. The van der Waals surface area contributed by atoms with E-state index in [1.165, 1.54) is 6.42 Å². The summed E-state index contributed by atoms with van der Waals surface area (Å²) in [5, 5.41) is 1.04. The highest BCUT2D eigenvalue weighted by Gasteiger charge is 2.43. The highest BCUT2D eigenvalue weighted by molar-refractivity contribution is 7.87. The topological polar surface area (TPSA) is 20.3 Å². The molecule has 3 rings (SSSR count). The fourth-order valence-corrected chi connectivity index (χ4v) is 3.53. The van der Waals surface area contributed by atoms with Crippen LogP contribution in [0.4, 0.5) is 0 Å². The van der Waals surface area contributed by atoms with Crippen LogP contribution in [0, 0.1) is 0 Å². The van der Waals surface area contributed by atoms with Gasteiger partial charge < -0.3 is 4.90 Å². The van der Waals surface area contributed by atoms with E-state index < -0.39 is 10.8 Å². The predicted molar refractivity (Wildman–Crippen MR) is 37.8 cm³/mol. The van der Waals surface area contributed by atoms with Gasteiger partial charge in [-0.2, -0.15) is 0 Å². The van der Waals surface area contributed by atoms with Crippen LogP contribution >= 0.6 is 0 Å². The summed E-state index contributed by atoms with van der Waals surface area (Å²) in [6.45, 7) is 2.12. The van der Waals surface area contributed by atoms with Gasteiger partial charge >= 0.3 is 0 Å². The van der Waals surface area contributed by atoms with Gasteiger partial charge in [0.15, 0.2) is 0 Å². The lowest BCUT2D eigenvalue weighted by Gasteiger charge is -2.44. The number of piperidine rings is 1. The van der Waals surface area contributed by atoms with Gasteiger partial charge in [-0.1, -0.05) is 0 Å². The molecule has 0 radical (unpaired) electrons. The number of hydrogen-bond acceptors (Lipinski definition) is 2. The second kappa shape index (κ2) is 1.80. The van der Waals surface area contributed by atoms with Crippen LogP contribution < -0.4 is 0 Å². The van der Waals surface area contributed by atoms with Crippen LogP contribution in [0.15, 0.2) is 0 Å². The second-order valence-electron chi connectivity index (χ2n) is 3.03. The van der Waals surface area contributed by atoms with Crippen LogP contribution in [0.25, 0.3) is 0 Å². The molecule has 3 fully saturated rings. The minimum atomic E-state index is -0.450. The van der Waals surface area contributed by atoms with E-state index >= 15 is 0 Å². The summed E-state index contributed by atoms with van der Waals surface area (Å²) in [7, 11) is 1.66. The van der Waals surface area contributed by atoms with Crippen LogP contribution in [-0.2, 0) is 10.8 Å². The first-order chi connectivity index (χ1) is 4.27. The first-order valence-corrected chi connectivity index (χ1v) is 4.63. The summed E-state index contributed by atoms with van der Waals surface area (Å²) >= 11 is 0. The van der Waals surface area contributed by atoms with Gasteiger partial charge in [0.25, 0.3) is 0 Å². The van der Waals surface area contributed by atoms with Crippen LogP contribution in [0.3, 0.4) is 0 Å². The standard InChI is InChI=1S/C6H11NOS/c1-7-3-5-2-6(4-7)9(5)8/h5-6H,2-4H2,1H3. The smallest absolute Gasteiger partial charge is 0.0490 e. The lowest BCUT2D eigenvalue weighted by atomic mass is 10.1. The maximum absolute atomic E-state index is 11.1. The molecular formula is C6H11NOS. The predicted octanol–water partition coefficient (Wildman–Crippen LogP) is -0.179. The molecule has 0 spiro atoms. The maximum atomic E-state index is 11.1. The normalized spacial score (nSPS) is 50.6. The van der Waals surface area contributed by atoms with Gasteiger partial charge in [-0.05, 0) is 13.5 Å². The van der Waals surface area contributed by atoms with Gasteiger partial charge in [0, 0.05) is 34.4 Å². The molecule has 3 aliphatic rings. The van der Waals surface area contributed by atoms with E-state index in [1.54, 1.807) is 0 Å². The number of rotatable bonds is 0. The monoisotopic (exact) mass is 145 g/mol. The molecule has 0 aromatic rings. The van der Waals surface area contributed by atoms with E-state index in [0.29, 0.717) is 10.5 Å². The zero-order chi connectivity index (χ0) is 6.43. The third kappa shape index (κ3) is 0.749. The molecule has 2 bridgehead atoms. The van der Waals surface area contributed by atoms with E-state index in [-0.39, 0.29) is 0 Å². The molecule has 52 valence electrons. The molecule has 0 amide bonds. The fraction of sp³-hybridized carbons (Fsp3) is 1.00. The molecule has 2 unspecified atom stereocenters. The lowest BCUT2D eigenvalue weighted by molar-refractivity contribution is 0.260.